The van der Waals surface area contributed by atoms with E-state index in [2.05, 4.69) is 31.0 Å². The van der Waals surface area contributed by atoms with Crippen LogP contribution in [0.25, 0.3) is 11.1 Å². The summed E-state index contributed by atoms with van der Waals surface area (Å²) in [5, 5.41) is 0. The van der Waals surface area contributed by atoms with Crippen molar-refractivity contribution >= 4 is 0 Å². The van der Waals surface area contributed by atoms with Gasteiger partial charge in [0.05, 0.1) is 7.11 Å². The van der Waals surface area contributed by atoms with E-state index >= 15 is 0 Å². The van der Waals surface area contributed by atoms with Crippen LogP contribution in [-0.4, -0.2) is 25.6 Å². The fourth-order valence-corrected chi connectivity index (χ4v) is 3.11. The van der Waals surface area contributed by atoms with Crippen molar-refractivity contribution in [2.75, 3.05) is 20.7 Å². The molecule has 3 heteroatoms. The summed E-state index contributed by atoms with van der Waals surface area (Å²) in [7, 11) is 3.77. The van der Waals surface area contributed by atoms with Gasteiger partial charge in [0, 0.05) is 18.7 Å². The molecule has 1 aliphatic rings. The number of hydrogen-bond donors (Lipinski definition) is 0. The fraction of sp³-hybridized carbons (Fsp3) is 0.455. The third kappa shape index (κ3) is 4.82. The Labute approximate surface area is 152 Å². The van der Waals surface area contributed by atoms with Crippen molar-refractivity contribution in [1.29, 1.82) is 0 Å². The van der Waals surface area contributed by atoms with Crippen molar-refractivity contribution in [3.05, 3.63) is 52.8 Å². The zero-order valence-electron chi connectivity index (χ0n) is 16.7. The first kappa shape index (κ1) is 21.2. The molecule has 0 spiro atoms. The van der Waals surface area contributed by atoms with Gasteiger partial charge in [-0.3, -0.25) is 0 Å². The normalized spacial score (nSPS) is 13.0. The van der Waals surface area contributed by atoms with E-state index in [1.807, 2.05) is 27.7 Å². The van der Waals surface area contributed by atoms with Gasteiger partial charge in [-0.2, -0.15) is 0 Å². The quantitative estimate of drug-likeness (QED) is 0.677. The fourth-order valence-electron chi connectivity index (χ4n) is 3.11. The molecular weight excluding hydrogens is 313 g/mol. The van der Waals surface area contributed by atoms with Crippen molar-refractivity contribution in [1.82, 2.24) is 4.90 Å². The zero-order chi connectivity index (χ0) is 19.0. The van der Waals surface area contributed by atoms with Crippen LogP contribution in [0.15, 0.2) is 30.3 Å². The summed E-state index contributed by atoms with van der Waals surface area (Å²) in [5.41, 5.74) is 5.94. The molecule has 1 heterocycles. The average Bonchev–Trinajstić information content (AvgIpc) is 2.66. The summed E-state index contributed by atoms with van der Waals surface area (Å²) < 4.78 is 19.1. The molecule has 0 aromatic heterocycles. The highest BCUT2D eigenvalue weighted by molar-refractivity contribution is 5.75. The summed E-state index contributed by atoms with van der Waals surface area (Å²) in [5.74, 6) is 0.495. The first-order valence-electron chi connectivity index (χ1n) is 9.24. The molecule has 0 fully saturated rings. The Bertz CT molecular complexity index is 682. The SMILES string of the molecule is CC.CC.COc1ccc(F)cc1-c1ccc(C)c2c1CCN(C)C2. The van der Waals surface area contributed by atoms with Gasteiger partial charge in [-0.15, -0.1) is 0 Å². The van der Waals surface area contributed by atoms with Crippen LogP contribution in [0.4, 0.5) is 4.39 Å². The van der Waals surface area contributed by atoms with Gasteiger partial charge in [0.25, 0.3) is 0 Å². The number of fused-ring (bicyclic) bond motifs is 1. The minimum Gasteiger partial charge on any atom is -0.496 e. The number of rotatable bonds is 2. The molecule has 0 radical (unpaired) electrons. The zero-order valence-corrected chi connectivity index (χ0v) is 16.7. The van der Waals surface area contributed by atoms with E-state index in [4.69, 9.17) is 4.74 Å². The Kier molecular flexibility index (Phi) is 8.64. The predicted octanol–water partition coefficient (Wildman–Crippen LogP) is 5.85. The molecule has 138 valence electrons. The molecule has 1 aliphatic heterocycles. The van der Waals surface area contributed by atoms with Gasteiger partial charge >= 0.3 is 0 Å². The van der Waals surface area contributed by atoms with Gasteiger partial charge in [-0.05, 0) is 60.8 Å². The summed E-state index contributed by atoms with van der Waals surface area (Å²) in [6, 6.07) is 8.93. The Morgan fingerprint density at radius 2 is 1.64 bits per heavy atom. The molecule has 2 aromatic rings. The number of benzene rings is 2. The molecule has 0 unspecified atom stereocenters. The number of aryl methyl sites for hydroxylation is 1. The highest BCUT2D eigenvalue weighted by Gasteiger charge is 2.20. The Hall–Kier alpha value is -1.87. The van der Waals surface area contributed by atoms with Gasteiger partial charge in [0.2, 0.25) is 0 Å². The van der Waals surface area contributed by atoms with E-state index in [1.54, 1.807) is 19.2 Å². The van der Waals surface area contributed by atoms with E-state index < -0.39 is 0 Å². The number of likely N-dealkylation sites (N-methyl/N-ethyl adjacent to an activating group) is 1. The predicted molar refractivity (Wildman–Crippen MR) is 106 cm³/mol. The van der Waals surface area contributed by atoms with Crippen LogP contribution in [0.2, 0.25) is 0 Å². The van der Waals surface area contributed by atoms with Gasteiger partial charge in [-0.1, -0.05) is 39.8 Å². The maximum Gasteiger partial charge on any atom is 0.126 e. The van der Waals surface area contributed by atoms with E-state index in [1.165, 1.54) is 22.8 Å². The summed E-state index contributed by atoms with van der Waals surface area (Å²) in [6.45, 7) is 12.1. The molecule has 0 bridgehead atoms. The van der Waals surface area contributed by atoms with Crippen LogP contribution in [0.5, 0.6) is 5.75 Å². The lowest BCUT2D eigenvalue weighted by Crippen LogP contribution is -2.27. The highest BCUT2D eigenvalue weighted by Crippen LogP contribution is 2.37. The molecule has 2 nitrogen and oxygen atoms in total. The minimum atomic E-state index is -0.229. The van der Waals surface area contributed by atoms with Gasteiger partial charge in [-0.25, -0.2) is 4.39 Å². The van der Waals surface area contributed by atoms with Crippen molar-refractivity contribution in [2.24, 2.45) is 0 Å². The van der Waals surface area contributed by atoms with E-state index in [9.17, 15) is 4.39 Å². The molecule has 0 N–H and O–H groups in total. The average molecular weight is 346 g/mol. The molecule has 0 amide bonds. The Morgan fingerprint density at radius 1 is 0.960 bits per heavy atom. The number of hydrogen-bond acceptors (Lipinski definition) is 2. The first-order chi connectivity index (χ1) is 12.1. The summed E-state index contributed by atoms with van der Waals surface area (Å²) in [6.07, 6.45) is 0.989. The van der Waals surface area contributed by atoms with Crippen LogP contribution in [-0.2, 0) is 13.0 Å². The third-order valence-corrected chi connectivity index (χ3v) is 4.29. The second-order valence-electron chi connectivity index (χ2n) is 5.72. The lowest BCUT2D eigenvalue weighted by Gasteiger charge is -2.28. The van der Waals surface area contributed by atoms with Crippen molar-refractivity contribution in [3.63, 3.8) is 0 Å². The molecule has 0 saturated carbocycles. The smallest absolute Gasteiger partial charge is 0.126 e. The second kappa shape index (κ2) is 10.2. The molecule has 25 heavy (non-hydrogen) atoms. The van der Waals surface area contributed by atoms with Gasteiger partial charge < -0.3 is 9.64 Å². The Morgan fingerprint density at radius 3 is 2.28 bits per heavy atom. The largest absolute Gasteiger partial charge is 0.496 e. The maximum atomic E-state index is 13.7. The van der Waals surface area contributed by atoms with Gasteiger partial charge in [0.15, 0.2) is 0 Å². The minimum absolute atomic E-state index is 0.229. The lowest BCUT2D eigenvalue weighted by atomic mass is 9.88. The van der Waals surface area contributed by atoms with Crippen molar-refractivity contribution in [2.45, 2.75) is 47.6 Å². The first-order valence-corrected chi connectivity index (χ1v) is 9.24. The van der Waals surface area contributed by atoms with Crippen LogP contribution in [0.1, 0.15) is 44.4 Å². The van der Waals surface area contributed by atoms with Crippen molar-refractivity contribution in [3.8, 4) is 16.9 Å². The monoisotopic (exact) mass is 345 g/mol. The maximum absolute atomic E-state index is 13.7. The second-order valence-corrected chi connectivity index (χ2v) is 5.72. The molecule has 0 atom stereocenters. The molecule has 0 aliphatic carbocycles. The standard InChI is InChI=1S/C18H20FNO.2C2H6/c1-12-4-6-14(15-8-9-20(2)11-17(12)15)16-10-13(19)5-7-18(16)21-3;2*1-2/h4-7,10H,8-9,11H2,1-3H3;2*1-2H3. The molecule has 3 rings (SSSR count). The molecule has 2 aromatic carbocycles. The summed E-state index contributed by atoms with van der Waals surface area (Å²) >= 11 is 0. The number of nitrogens with zero attached hydrogens (tertiary/aromatic N) is 1. The number of halogens is 1. The van der Waals surface area contributed by atoms with Crippen molar-refractivity contribution < 1.29 is 9.13 Å². The highest BCUT2D eigenvalue weighted by atomic mass is 19.1. The van der Waals surface area contributed by atoms with E-state index in [0.29, 0.717) is 0 Å². The van der Waals surface area contributed by atoms with E-state index in [0.717, 1.165) is 36.4 Å². The molecular formula is C22H32FNO. The number of methoxy groups -OCH3 is 1. The van der Waals surface area contributed by atoms with Crippen LogP contribution in [0.3, 0.4) is 0 Å². The molecule has 0 saturated heterocycles. The summed E-state index contributed by atoms with van der Waals surface area (Å²) in [4.78, 5) is 2.32. The van der Waals surface area contributed by atoms with Crippen LogP contribution >= 0.6 is 0 Å². The lowest BCUT2D eigenvalue weighted by molar-refractivity contribution is 0.312. The van der Waals surface area contributed by atoms with Gasteiger partial charge in [0.1, 0.15) is 11.6 Å². The number of ether oxygens (including phenoxy) is 1. The van der Waals surface area contributed by atoms with Crippen LogP contribution < -0.4 is 4.74 Å². The Balaban J connectivity index is 0.000000730. The third-order valence-electron chi connectivity index (χ3n) is 4.29. The topological polar surface area (TPSA) is 12.5 Å². The van der Waals surface area contributed by atoms with E-state index in [-0.39, 0.29) is 5.82 Å². The van der Waals surface area contributed by atoms with Crippen LogP contribution in [0, 0.1) is 12.7 Å².